The molecule has 90 valence electrons. The van der Waals surface area contributed by atoms with Crippen LogP contribution in [0.4, 0.5) is 11.9 Å². The lowest BCUT2D eigenvalue weighted by Crippen LogP contribution is -2.15. The van der Waals surface area contributed by atoms with Gasteiger partial charge in [0.2, 0.25) is 17.2 Å². The van der Waals surface area contributed by atoms with Gasteiger partial charge in [0.05, 0.1) is 0 Å². The molecule has 2 heterocycles. The Kier molecular flexibility index (Phi) is 3.75. The number of anilines is 2. The van der Waals surface area contributed by atoms with Crippen molar-refractivity contribution in [1.29, 1.82) is 0 Å². The monoisotopic (exact) mass is 269 g/mol. The Labute approximate surface area is 108 Å². The largest absolute Gasteiger partial charge is 0.350 e. The van der Waals surface area contributed by atoms with Crippen LogP contribution in [-0.4, -0.2) is 29.0 Å². The van der Waals surface area contributed by atoms with Gasteiger partial charge in [0.1, 0.15) is 0 Å². The Morgan fingerprint density at radius 1 is 1.35 bits per heavy atom. The Hall–Kier alpha value is -1.40. The van der Waals surface area contributed by atoms with Crippen LogP contribution in [0.1, 0.15) is 5.56 Å². The molecule has 2 aromatic rings. The molecule has 0 spiro atoms. The average molecular weight is 270 g/mol. The fourth-order valence-electron chi connectivity index (χ4n) is 1.19. The summed E-state index contributed by atoms with van der Waals surface area (Å²) in [6, 6.07) is 2.05. The fraction of sp³-hybridized carbons (Fsp3) is 0.300. The second kappa shape index (κ2) is 5.29. The van der Waals surface area contributed by atoms with Gasteiger partial charge in [0.15, 0.2) is 0 Å². The molecule has 5 nitrogen and oxygen atoms in total. The summed E-state index contributed by atoms with van der Waals surface area (Å²) in [5.74, 6) is 1.03. The van der Waals surface area contributed by atoms with Gasteiger partial charge >= 0.3 is 0 Å². The minimum atomic E-state index is 0.191. The van der Waals surface area contributed by atoms with Crippen molar-refractivity contribution in [3.8, 4) is 0 Å². The summed E-state index contributed by atoms with van der Waals surface area (Å²) in [6.07, 6.45) is 0. The molecule has 2 aromatic heterocycles. The topological polar surface area (TPSA) is 53.9 Å². The number of nitrogens with one attached hydrogen (secondary N) is 1. The molecular formula is C10H12ClN5S. The van der Waals surface area contributed by atoms with E-state index in [0.29, 0.717) is 18.4 Å². The molecule has 0 aliphatic rings. The summed E-state index contributed by atoms with van der Waals surface area (Å²) in [5, 5.41) is 7.41. The van der Waals surface area contributed by atoms with Crippen molar-refractivity contribution in [2.24, 2.45) is 0 Å². The predicted molar refractivity (Wildman–Crippen MR) is 70.8 cm³/mol. The highest BCUT2D eigenvalue weighted by atomic mass is 35.5. The van der Waals surface area contributed by atoms with Crippen LogP contribution in [-0.2, 0) is 6.54 Å². The number of aromatic nitrogens is 3. The van der Waals surface area contributed by atoms with Crippen LogP contribution in [0.5, 0.6) is 0 Å². The zero-order valence-electron chi connectivity index (χ0n) is 9.51. The van der Waals surface area contributed by atoms with Gasteiger partial charge in [-0.3, -0.25) is 0 Å². The van der Waals surface area contributed by atoms with Crippen LogP contribution in [0.15, 0.2) is 16.8 Å². The molecule has 0 radical (unpaired) electrons. The molecule has 0 atom stereocenters. The molecule has 0 unspecified atom stereocenters. The maximum Gasteiger partial charge on any atom is 0.230 e. The average Bonchev–Trinajstić information content (AvgIpc) is 2.78. The van der Waals surface area contributed by atoms with Crippen LogP contribution < -0.4 is 10.2 Å². The molecule has 0 aliphatic carbocycles. The molecule has 0 bridgehead atoms. The highest BCUT2D eigenvalue weighted by Crippen LogP contribution is 2.13. The van der Waals surface area contributed by atoms with E-state index in [2.05, 4.69) is 25.6 Å². The van der Waals surface area contributed by atoms with Crippen LogP contribution in [0, 0.1) is 0 Å². The van der Waals surface area contributed by atoms with Crippen molar-refractivity contribution in [1.82, 2.24) is 15.0 Å². The van der Waals surface area contributed by atoms with Crippen molar-refractivity contribution in [3.05, 3.63) is 27.7 Å². The normalized spacial score (nSPS) is 10.3. The van der Waals surface area contributed by atoms with E-state index in [9.17, 15) is 0 Å². The van der Waals surface area contributed by atoms with E-state index in [1.807, 2.05) is 25.5 Å². The van der Waals surface area contributed by atoms with E-state index in [-0.39, 0.29) is 5.28 Å². The third kappa shape index (κ3) is 3.28. The van der Waals surface area contributed by atoms with Crippen molar-refractivity contribution < 1.29 is 0 Å². The molecule has 0 aromatic carbocycles. The van der Waals surface area contributed by atoms with E-state index in [1.54, 1.807) is 16.2 Å². The molecule has 0 aliphatic heterocycles. The van der Waals surface area contributed by atoms with E-state index in [0.717, 1.165) is 0 Å². The molecule has 0 amide bonds. The van der Waals surface area contributed by atoms with Gasteiger partial charge in [-0.05, 0) is 34.0 Å². The molecular weight excluding hydrogens is 258 g/mol. The number of rotatable bonds is 4. The summed E-state index contributed by atoms with van der Waals surface area (Å²) < 4.78 is 0. The summed E-state index contributed by atoms with van der Waals surface area (Å²) in [7, 11) is 3.71. The molecule has 17 heavy (non-hydrogen) atoms. The molecule has 0 fully saturated rings. The summed E-state index contributed by atoms with van der Waals surface area (Å²) in [6.45, 7) is 0.677. The minimum absolute atomic E-state index is 0.191. The predicted octanol–water partition coefficient (Wildman–Crippen LogP) is 2.26. The first kappa shape index (κ1) is 12.1. The minimum Gasteiger partial charge on any atom is -0.350 e. The number of hydrogen-bond acceptors (Lipinski definition) is 6. The number of hydrogen-bond donors (Lipinski definition) is 1. The second-order valence-corrected chi connectivity index (χ2v) is 4.73. The quantitative estimate of drug-likeness (QED) is 0.923. The maximum atomic E-state index is 5.83. The van der Waals surface area contributed by atoms with Crippen molar-refractivity contribution in [3.63, 3.8) is 0 Å². The first-order valence-electron chi connectivity index (χ1n) is 4.99. The lowest BCUT2D eigenvalue weighted by Gasteiger charge is -2.11. The smallest absolute Gasteiger partial charge is 0.230 e. The number of nitrogens with zero attached hydrogens (tertiary/aromatic N) is 4. The highest BCUT2D eigenvalue weighted by Gasteiger charge is 2.06. The van der Waals surface area contributed by atoms with Crippen molar-refractivity contribution in [2.75, 3.05) is 24.3 Å². The van der Waals surface area contributed by atoms with Gasteiger partial charge in [-0.1, -0.05) is 0 Å². The number of halogens is 1. The van der Waals surface area contributed by atoms with E-state index in [1.165, 1.54) is 5.56 Å². The first-order chi connectivity index (χ1) is 8.15. The summed E-state index contributed by atoms with van der Waals surface area (Å²) >= 11 is 7.49. The van der Waals surface area contributed by atoms with Gasteiger partial charge in [0.25, 0.3) is 0 Å². The third-order valence-corrected chi connectivity index (χ3v) is 2.93. The summed E-state index contributed by atoms with van der Waals surface area (Å²) in [4.78, 5) is 14.1. The zero-order chi connectivity index (χ0) is 12.3. The van der Waals surface area contributed by atoms with E-state index < -0.39 is 0 Å². The second-order valence-electron chi connectivity index (χ2n) is 3.61. The van der Waals surface area contributed by atoms with Gasteiger partial charge in [-0.25, -0.2) is 0 Å². The first-order valence-corrected chi connectivity index (χ1v) is 6.31. The molecule has 2 rings (SSSR count). The van der Waals surface area contributed by atoms with Crippen molar-refractivity contribution in [2.45, 2.75) is 6.54 Å². The van der Waals surface area contributed by atoms with Gasteiger partial charge < -0.3 is 10.2 Å². The van der Waals surface area contributed by atoms with Crippen molar-refractivity contribution >= 4 is 34.8 Å². The van der Waals surface area contributed by atoms with Crippen LogP contribution in [0.2, 0.25) is 5.28 Å². The van der Waals surface area contributed by atoms with Crippen LogP contribution >= 0.6 is 22.9 Å². The Morgan fingerprint density at radius 2 is 2.18 bits per heavy atom. The van der Waals surface area contributed by atoms with Gasteiger partial charge in [-0.15, -0.1) is 0 Å². The fourth-order valence-corrected chi connectivity index (χ4v) is 2.02. The van der Waals surface area contributed by atoms with E-state index >= 15 is 0 Å². The third-order valence-electron chi connectivity index (χ3n) is 2.03. The SMILES string of the molecule is CN(C)c1nc(Cl)nc(NCc2ccsc2)n1. The zero-order valence-corrected chi connectivity index (χ0v) is 11.1. The van der Waals surface area contributed by atoms with Crippen LogP contribution in [0.25, 0.3) is 0 Å². The lowest BCUT2D eigenvalue weighted by molar-refractivity contribution is 0.943. The Morgan fingerprint density at radius 3 is 2.82 bits per heavy atom. The number of thiophene rings is 1. The molecule has 0 saturated heterocycles. The summed E-state index contributed by atoms with van der Waals surface area (Å²) in [5.41, 5.74) is 1.19. The van der Waals surface area contributed by atoms with E-state index in [4.69, 9.17) is 11.6 Å². The van der Waals surface area contributed by atoms with Gasteiger partial charge in [0, 0.05) is 20.6 Å². The van der Waals surface area contributed by atoms with Crippen LogP contribution in [0.3, 0.4) is 0 Å². The van der Waals surface area contributed by atoms with Gasteiger partial charge in [-0.2, -0.15) is 26.3 Å². The molecule has 7 heteroatoms. The Bertz CT molecular complexity index is 485. The standard InChI is InChI=1S/C10H12ClN5S/c1-16(2)10-14-8(11)13-9(15-10)12-5-7-3-4-17-6-7/h3-4,6H,5H2,1-2H3,(H,12,13,14,15). The highest BCUT2D eigenvalue weighted by molar-refractivity contribution is 7.07. The maximum absolute atomic E-state index is 5.83. The lowest BCUT2D eigenvalue weighted by atomic mass is 10.3. The molecule has 0 saturated carbocycles. The molecule has 1 N–H and O–H groups in total. The Balaban J connectivity index is 2.10.